The molecule has 102 valence electrons. The first-order chi connectivity index (χ1) is 9.40. The maximum Gasteiger partial charge on any atom is 0.573 e. The van der Waals surface area contributed by atoms with Gasteiger partial charge in [0.1, 0.15) is 11.6 Å². The Morgan fingerprint density at radius 3 is 2.35 bits per heavy atom. The first-order valence-corrected chi connectivity index (χ1v) is 5.52. The Balaban J connectivity index is 2.51. The van der Waals surface area contributed by atoms with Gasteiger partial charge in [0.2, 0.25) is 0 Å². The molecule has 0 aliphatic carbocycles. The molecule has 0 unspecified atom stereocenters. The Morgan fingerprint density at radius 2 is 1.75 bits per heavy atom. The molecule has 0 spiro atoms. The highest BCUT2D eigenvalue weighted by atomic mass is 19.4. The summed E-state index contributed by atoms with van der Waals surface area (Å²) in [5, 5.41) is 0. The van der Waals surface area contributed by atoms with Gasteiger partial charge in [0.25, 0.3) is 0 Å². The van der Waals surface area contributed by atoms with Crippen LogP contribution in [0.15, 0.2) is 42.5 Å². The van der Waals surface area contributed by atoms with Crippen LogP contribution in [0.3, 0.4) is 0 Å². The molecule has 0 aromatic heterocycles. The van der Waals surface area contributed by atoms with E-state index in [-0.39, 0.29) is 16.7 Å². The van der Waals surface area contributed by atoms with Crippen molar-refractivity contribution in [3.63, 3.8) is 0 Å². The normalized spacial score (nSPS) is 10.9. The second-order valence-corrected chi connectivity index (χ2v) is 3.88. The summed E-state index contributed by atoms with van der Waals surface area (Å²) in [5.41, 5.74) is 0.367. The maximum atomic E-state index is 13.6. The van der Waals surface area contributed by atoms with E-state index in [9.17, 15) is 17.6 Å². The van der Waals surface area contributed by atoms with Crippen LogP contribution in [0.2, 0.25) is 0 Å². The molecule has 0 fully saturated rings. The van der Waals surface area contributed by atoms with Crippen LogP contribution in [0.5, 0.6) is 5.75 Å². The van der Waals surface area contributed by atoms with Crippen molar-refractivity contribution in [3.05, 3.63) is 53.8 Å². The van der Waals surface area contributed by atoms with Crippen molar-refractivity contribution in [2.24, 2.45) is 0 Å². The molecule has 0 amide bonds. The zero-order valence-electron chi connectivity index (χ0n) is 10.0. The van der Waals surface area contributed by atoms with E-state index >= 15 is 0 Å². The molecule has 0 saturated heterocycles. The van der Waals surface area contributed by atoms with Gasteiger partial charge in [0.15, 0.2) is 0 Å². The molecule has 20 heavy (non-hydrogen) atoms. The summed E-state index contributed by atoms with van der Waals surface area (Å²) >= 11 is 0. The van der Waals surface area contributed by atoms with Crippen LogP contribution in [0.25, 0.3) is 11.1 Å². The molecule has 0 saturated carbocycles. The van der Waals surface area contributed by atoms with E-state index in [1.54, 1.807) is 6.07 Å². The summed E-state index contributed by atoms with van der Waals surface area (Å²) in [5.74, 6) is 1.02. The largest absolute Gasteiger partial charge is 0.573 e. The minimum Gasteiger partial charge on any atom is -0.404 e. The van der Waals surface area contributed by atoms with E-state index in [1.165, 1.54) is 30.3 Å². The van der Waals surface area contributed by atoms with Crippen LogP contribution in [-0.2, 0) is 0 Å². The van der Waals surface area contributed by atoms with Crippen molar-refractivity contribution in [2.45, 2.75) is 6.36 Å². The Hall–Kier alpha value is -2.48. The van der Waals surface area contributed by atoms with Gasteiger partial charge in [-0.05, 0) is 23.8 Å². The third-order valence-corrected chi connectivity index (χ3v) is 2.55. The highest BCUT2D eigenvalue weighted by Gasteiger charge is 2.32. The molecular formula is C15H8F4O. The van der Waals surface area contributed by atoms with E-state index in [0.717, 1.165) is 6.07 Å². The smallest absolute Gasteiger partial charge is 0.404 e. The molecule has 5 heteroatoms. The van der Waals surface area contributed by atoms with Gasteiger partial charge in [-0.3, -0.25) is 0 Å². The summed E-state index contributed by atoms with van der Waals surface area (Å²) in [4.78, 5) is 0. The Morgan fingerprint density at radius 1 is 1.05 bits per heavy atom. The number of hydrogen-bond donors (Lipinski definition) is 0. The van der Waals surface area contributed by atoms with Crippen molar-refractivity contribution in [2.75, 3.05) is 0 Å². The fourth-order valence-electron chi connectivity index (χ4n) is 1.71. The summed E-state index contributed by atoms with van der Waals surface area (Å²) in [7, 11) is 0. The average Bonchev–Trinajstić information content (AvgIpc) is 2.37. The number of terminal acetylenes is 1. The fourth-order valence-corrected chi connectivity index (χ4v) is 1.71. The average molecular weight is 280 g/mol. The van der Waals surface area contributed by atoms with Crippen molar-refractivity contribution in [3.8, 4) is 29.2 Å². The topological polar surface area (TPSA) is 9.23 Å². The molecular weight excluding hydrogens is 272 g/mol. The molecule has 0 aliphatic rings. The monoisotopic (exact) mass is 280 g/mol. The van der Waals surface area contributed by atoms with Gasteiger partial charge >= 0.3 is 6.36 Å². The fraction of sp³-hybridized carbons (Fsp3) is 0.0667. The van der Waals surface area contributed by atoms with Crippen molar-refractivity contribution in [1.82, 2.24) is 0 Å². The summed E-state index contributed by atoms with van der Waals surface area (Å²) < 4.78 is 54.4. The Bertz CT molecular complexity index is 668. The third-order valence-electron chi connectivity index (χ3n) is 2.55. The van der Waals surface area contributed by atoms with Crippen LogP contribution in [0, 0.1) is 18.2 Å². The molecule has 1 nitrogen and oxygen atoms in total. The Kier molecular flexibility index (Phi) is 3.66. The maximum absolute atomic E-state index is 13.6. The van der Waals surface area contributed by atoms with Crippen molar-refractivity contribution in [1.29, 1.82) is 0 Å². The molecule has 0 bridgehead atoms. The van der Waals surface area contributed by atoms with Crippen LogP contribution >= 0.6 is 0 Å². The number of halogens is 4. The molecule has 0 atom stereocenters. The first kappa shape index (κ1) is 13.9. The van der Waals surface area contributed by atoms with Crippen LogP contribution < -0.4 is 4.74 Å². The van der Waals surface area contributed by atoms with E-state index in [1.807, 2.05) is 0 Å². The van der Waals surface area contributed by atoms with E-state index in [0.29, 0.717) is 0 Å². The number of ether oxygens (including phenoxy) is 1. The van der Waals surface area contributed by atoms with Gasteiger partial charge < -0.3 is 4.74 Å². The minimum atomic E-state index is -4.86. The quantitative estimate of drug-likeness (QED) is 0.586. The van der Waals surface area contributed by atoms with Crippen molar-refractivity contribution >= 4 is 0 Å². The number of alkyl halides is 3. The lowest BCUT2D eigenvalue weighted by molar-refractivity contribution is -0.274. The van der Waals surface area contributed by atoms with E-state index < -0.39 is 17.9 Å². The predicted molar refractivity (Wildman–Crippen MR) is 66.5 cm³/mol. The summed E-state index contributed by atoms with van der Waals surface area (Å²) in [6.07, 6.45) is 0.255. The van der Waals surface area contributed by atoms with Gasteiger partial charge in [-0.15, -0.1) is 19.6 Å². The van der Waals surface area contributed by atoms with Crippen LogP contribution in [-0.4, -0.2) is 6.36 Å². The molecule has 0 N–H and O–H groups in total. The predicted octanol–water partition coefficient (Wildman–Crippen LogP) is 4.37. The number of rotatable bonds is 2. The summed E-state index contributed by atoms with van der Waals surface area (Å²) in [6.45, 7) is 0. The van der Waals surface area contributed by atoms with Gasteiger partial charge in [0, 0.05) is 5.56 Å². The van der Waals surface area contributed by atoms with Gasteiger partial charge in [0.05, 0.1) is 5.56 Å². The standard InChI is InChI=1S/C15H8F4O/c1-2-10-7-8-11(9-14(10)20-15(17,18)19)12-5-3-4-6-13(12)16/h1,3-9H. The first-order valence-electron chi connectivity index (χ1n) is 5.52. The van der Waals surface area contributed by atoms with Gasteiger partial charge in [-0.1, -0.05) is 30.2 Å². The minimum absolute atomic E-state index is 0.0533. The zero-order chi connectivity index (χ0) is 14.8. The lowest BCUT2D eigenvalue weighted by Crippen LogP contribution is -2.17. The van der Waals surface area contributed by atoms with Crippen molar-refractivity contribution < 1.29 is 22.3 Å². The lowest BCUT2D eigenvalue weighted by Gasteiger charge is -2.12. The van der Waals surface area contributed by atoms with E-state index in [2.05, 4.69) is 10.7 Å². The second kappa shape index (κ2) is 5.25. The molecule has 0 aliphatic heterocycles. The number of benzene rings is 2. The molecule has 2 rings (SSSR count). The van der Waals surface area contributed by atoms with Crippen LogP contribution in [0.4, 0.5) is 17.6 Å². The third kappa shape index (κ3) is 3.09. The van der Waals surface area contributed by atoms with E-state index in [4.69, 9.17) is 6.42 Å². The van der Waals surface area contributed by atoms with Crippen LogP contribution in [0.1, 0.15) is 5.56 Å². The highest BCUT2D eigenvalue weighted by molar-refractivity contribution is 5.68. The molecule has 0 radical (unpaired) electrons. The Labute approximate surface area is 112 Å². The second-order valence-electron chi connectivity index (χ2n) is 3.88. The molecule has 2 aromatic rings. The SMILES string of the molecule is C#Cc1ccc(-c2ccccc2F)cc1OC(F)(F)F. The van der Waals surface area contributed by atoms with Gasteiger partial charge in [-0.25, -0.2) is 4.39 Å². The summed E-state index contributed by atoms with van der Waals surface area (Å²) in [6, 6.07) is 9.53. The lowest BCUT2D eigenvalue weighted by atomic mass is 10.0. The zero-order valence-corrected chi connectivity index (χ0v) is 10.0. The molecule has 0 heterocycles. The number of hydrogen-bond acceptors (Lipinski definition) is 1. The van der Waals surface area contributed by atoms with Gasteiger partial charge in [-0.2, -0.15) is 0 Å². The molecule has 2 aromatic carbocycles. The highest BCUT2D eigenvalue weighted by Crippen LogP contribution is 2.31.